The van der Waals surface area contributed by atoms with Crippen molar-refractivity contribution in [2.45, 2.75) is 78.7 Å². The van der Waals surface area contributed by atoms with Crippen LogP contribution in [0.2, 0.25) is 0 Å². The van der Waals surface area contributed by atoms with Gasteiger partial charge in [0.05, 0.1) is 37.4 Å². The molecule has 0 amide bonds. The molecule has 0 radical (unpaired) electrons. The van der Waals surface area contributed by atoms with Crippen LogP contribution in [0, 0.1) is 0 Å². The number of hydrogen-bond acceptors (Lipinski definition) is 8. The molecule has 216 valence electrons. The Kier molecular flexibility index (Phi) is 10.8. The molecule has 0 aromatic heterocycles. The van der Waals surface area contributed by atoms with Gasteiger partial charge in [0.25, 0.3) is 0 Å². The Hall–Kier alpha value is -3.81. The van der Waals surface area contributed by atoms with Crippen molar-refractivity contribution in [3.63, 3.8) is 0 Å². The summed E-state index contributed by atoms with van der Waals surface area (Å²) in [6, 6.07) is 6.85. The van der Waals surface area contributed by atoms with Crippen molar-refractivity contribution in [2.24, 2.45) is 0 Å². The standard InChI is InChI=1S/C32H40O8/c1-6-10-24-27(14-12-22(21(4)33)30(24)36)38-18-9-19-39-28-15-13-23-26(34)20-32(5,17-16-29(35)37-8-3)40-31(23)25(28)11-7-2/h12-17,36H,6-11,18-20H2,1-5H3/t32-/m1/s1. The van der Waals surface area contributed by atoms with Crippen LogP contribution < -0.4 is 14.2 Å². The minimum Gasteiger partial charge on any atom is -0.507 e. The molecule has 0 saturated heterocycles. The van der Waals surface area contributed by atoms with Crippen LogP contribution in [0.5, 0.6) is 23.0 Å². The zero-order valence-electron chi connectivity index (χ0n) is 24.1. The number of fused-ring (bicyclic) bond motifs is 1. The van der Waals surface area contributed by atoms with E-state index in [0.29, 0.717) is 66.4 Å². The molecular weight excluding hydrogens is 512 g/mol. The molecule has 1 N–H and O–H groups in total. The van der Waals surface area contributed by atoms with Crippen molar-refractivity contribution in [1.82, 2.24) is 0 Å². The summed E-state index contributed by atoms with van der Waals surface area (Å²) in [6.07, 6.45) is 6.45. The van der Waals surface area contributed by atoms with Gasteiger partial charge in [0, 0.05) is 23.6 Å². The lowest BCUT2D eigenvalue weighted by atomic mass is 9.89. The molecule has 0 aliphatic carbocycles. The predicted octanol–water partition coefficient (Wildman–Crippen LogP) is 6.19. The Labute approximate surface area is 236 Å². The number of ketones is 2. The van der Waals surface area contributed by atoms with E-state index in [0.717, 1.165) is 18.4 Å². The highest BCUT2D eigenvalue weighted by molar-refractivity contribution is 6.01. The van der Waals surface area contributed by atoms with Crippen LogP contribution in [0.1, 0.15) is 92.1 Å². The Morgan fingerprint density at radius 1 is 1.00 bits per heavy atom. The summed E-state index contributed by atoms with van der Waals surface area (Å²) in [6.45, 7) is 9.97. The van der Waals surface area contributed by atoms with Crippen molar-refractivity contribution >= 4 is 17.5 Å². The van der Waals surface area contributed by atoms with Gasteiger partial charge in [0.1, 0.15) is 28.6 Å². The van der Waals surface area contributed by atoms with Crippen molar-refractivity contribution in [3.8, 4) is 23.0 Å². The number of ether oxygens (including phenoxy) is 4. The quantitative estimate of drug-likeness (QED) is 0.128. The molecule has 40 heavy (non-hydrogen) atoms. The lowest BCUT2D eigenvalue weighted by Gasteiger charge is -2.34. The molecular formula is C32H40O8. The summed E-state index contributed by atoms with van der Waals surface area (Å²) in [5.74, 6) is 0.952. The van der Waals surface area contributed by atoms with Gasteiger partial charge >= 0.3 is 5.97 Å². The summed E-state index contributed by atoms with van der Waals surface area (Å²) in [5, 5.41) is 10.6. The number of Topliss-reactive ketones (excluding diaryl/α,β-unsaturated/α-hetero) is 2. The largest absolute Gasteiger partial charge is 0.507 e. The Morgan fingerprint density at radius 2 is 1.62 bits per heavy atom. The molecule has 2 aromatic rings. The summed E-state index contributed by atoms with van der Waals surface area (Å²) < 4.78 is 23.4. The number of rotatable bonds is 14. The van der Waals surface area contributed by atoms with Gasteiger partial charge in [-0.3, -0.25) is 9.59 Å². The van der Waals surface area contributed by atoms with E-state index in [2.05, 4.69) is 0 Å². The second-order valence-corrected chi connectivity index (χ2v) is 10.1. The third kappa shape index (κ3) is 7.43. The average molecular weight is 553 g/mol. The van der Waals surface area contributed by atoms with Crippen LogP contribution in [0.25, 0.3) is 0 Å². The summed E-state index contributed by atoms with van der Waals surface area (Å²) in [4.78, 5) is 36.7. The number of phenolic OH excluding ortho intramolecular Hbond substituents is 1. The maximum Gasteiger partial charge on any atom is 0.330 e. The van der Waals surface area contributed by atoms with Gasteiger partial charge in [-0.15, -0.1) is 0 Å². The summed E-state index contributed by atoms with van der Waals surface area (Å²) >= 11 is 0. The third-order valence-corrected chi connectivity index (χ3v) is 6.65. The van der Waals surface area contributed by atoms with Crippen molar-refractivity contribution in [2.75, 3.05) is 19.8 Å². The van der Waals surface area contributed by atoms with Gasteiger partial charge in [-0.05, 0) is 64.0 Å². The monoisotopic (exact) mass is 552 g/mol. The predicted molar refractivity (Wildman–Crippen MR) is 152 cm³/mol. The molecule has 0 saturated carbocycles. The summed E-state index contributed by atoms with van der Waals surface area (Å²) in [7, 11) is 0. The molecule has 2 aromatic carbocycles. The van der Waals surface area contributed by atoms with Gasteiger partial charge in [-0.2, -0.15) is 0 Å². The normalized spacial score (nSPS) is 16.4. The van der Waals surface area contributed by atoms with Crippen molar-refractivity contribution < 1.29 is 38.4 Å². The van der Waals surface area contributed by atoms with Crippen molar-refractivity contribution in [3.05, 3.63) is 58.7 Å². The fourth-order valence-electron chi connectivity index (χ4n) is 4.73. The molecule has 1 heterocycles. The first-order valence-corrected chi connectivity index (χ1v) is 14.0. The van der Waals surface area contributed by atoms with E-state index in [1.165, 1.54) is 13.0 Å². The highest BCUT2D eigenvalue weighted by Crippen LogP contribution is 2.41. The maximum absolute atomic E-state index is 13.0. The van der Waals surface area contributed by atoms with Crippen LogP contribution in [-0.2, 0) is 22.4 Å². The lowest BCUT2D eigenvalue weighted by Crippen LogP contribution is -2.38. The number of phenols is 1. The van der Waals surface area contributed by atoms with Gasteiger partial charge < -0.3 is 24.1 Å². The molecule has 1 aliphatic heterocycles. The highest BCUT2D eigenvalue weighted by Gasteiger charge is 2.37. The van der Waals surface area contributed by atoms with Gasteiger partial charge in [-0.25, -0.2) is 4.79 Å². The molecule has 3 rings (SSSR count). The maximum atomic E-state index is 13.0. The molecule has 0 spiro atoms. The van der Waals surface area contributed by atoms with Crippen LogP contribution in [-0.4, -0.2) is 48.1 Å². The summed E-state index contributed by atoms with van der Waals surface area (Å²) in [5.41, 5.74) is 1.28. The van der Waals surface area contributed by atoms with Crippen LogP contribution in [0.15, 0.2) is 36.4 Å². The van der Waals surface area contributed by atoms with Crippen LogP contribution in [0.4, 0.5) is 0 Å². The van der Waals surface area contributed by atoms with E-state index in [1.807, 2.05) is 13.8 Å². The number of carbonyl (C=O) groups is 3. The topological polar surface area (TPSA) is 108 Å². The first-order chi connectivity index (χ1) is 19.1. The van der Waals surface area contributed by atoms with E-state index in [4.69, 9.17) is 18.9 Å². The zero-order chi connectivity index (χ0) is 29.3. The average Bonchev–Trinajstić information content (AvgIpc) is 2.90. The minimum atomic E-state index is -0.981. The number of hydrogen-bond donors (Lipinski definition) is 1. The van der Waals surface area contributed by atoms with Gasteiger partial charge in [-0.1, -0.05) is 26.7 Å². The number of aromatic hydroxyl groups is 1. The van der Waals surface area contributed by atoms with E-state index >= 15 is 0 Å². The van der Waals surface area contributed by atoms with E-state index in [1.54, 1.807) is 44.2 Å². The van der Waals surface area contributed by atoms with E-state index in [-0.39, 0.29) is 30.3 Å². The molecule has 0 bridgehead atoms. The number of benzene rings is 2. The van der Waals surface area contributed by atoms with Gasteiger partial charge in [0.15, 0.2) is 11.6 Å². The molecule has 1 atom stereocenters. The molecule has 8 nitrogen and oxygen atoms in total. The second-order valence-electron chi connectivity index (χ2n) is 10.1. The van der Waals surface area contributed by atoms with Crippen LogP contribution >= 0.6 is 0 Å². The van der Waals surface area contributed by atoms with Crippen LogP contribution in [0.3, 0.4) is 0 Å². The Bertz CT molecular complexity index is 1260. The van der Waals surface area contributed by atoms with Gasteiger partial charge in [0.2, 0.25) is 0 Å². The first-order valence-electron chi connectivity index (χ1n) is 14.0. The Balaban J connectivity index is 1.71. The fraction of sp³-hybridized carbons (Fsp3) is 0.469. The minimum absolute atomic E-state index is 0.0139. The third-order valence-electron chi connectivity index (χ3n) is 6.65. The number of esters is 1. The SMILES string of the molecule is CCCc1c(OCCCOc2ccc3c(c2CCC)O[C@](C)(C=CC(=O)OCC)CC3=O)ccc(C(C)=O)c1O. The van der Waals surface area contributed by atoms with E-state index in [9.17, 15) is 19.5 Å². The second kappa shape index (κ2) is 14.0. The molecule has 8 heteroatoms. The fourth-order valence-corrected chi connectivity index (χ4v) is 4.73. The highest BCUT2D eigenvalue weighted by atomic mass is 16.5. The Morgan fingerprint density at radius 3 is 2.25 bits per heavy atom. The lowest BCUT2D eigenvalue weighted by molar-refractivity contribution is -0.137. The van der Waals surface area contributed by atoms with Crippen molar-refractivity contribution in [1.29, 1.82) is 0 Å². The first kappa shape index (κ1) is 30.7. The molecule has 0 unspecified atom stereocenters. The molecule has 0 fully saturated rings. The van der Waals surface area contributed by atoms with E-state index < -0.39 is 11.6 Å². The number of carbonyl (C=O) groups excluding carboxylic acids is 3. The molecule has 1 aliphatic rings. The smallest absolute Gasteiger partial charge is 0.330 e. The zero-order valence-corrected chi connectivity index (χ0v) is 24.1.